The van der Waals surface area contributed by atoms with Crippen molar-refractivity contribution in [2.75, 3.05) is 6.61 Å². The molecule has 1 aromatic heterocycles. The number of aliphatic imine (C=N–C) groups is 1. The Labute approximate surface area is 206 Å². The molecule has 6 nitrogen and oxygen atoms in total. The number of unbranched alkanes of at least 4 members (excludes halogenated alkanes) is 1. The Hall–Kier alpha value is -3.93. The average Bonchev–Trinajstić information content (AvgIpc) is 3.29. The summed E-state index contributed by atoms with van der Waals surface area (Å²) in [6, 6.07) is 20.3. The number of allylic oxidation sites excluding steroid dienone is 2. The lowest BCUT2D eigenvalue weighted by molar-refractivity contribution is 0.305. The summed E-state index contributed by atoms with van der Waals surface area (Å²) < 4.78 is 11.4. The molecule has 0 atom stereocenters. The third-order valence-corrected chi connectivity index (χ3v) is 6.23. The van der Waals surface area contributed by atoms with Gasteiger partial charge in [-0.15, -0.1) is 0 Å². The molecule has 3 heterocycles. The molecule has 0 bridgehead atoms. The van der Waals surface area contributed by atoms with Crippen molar-refractivity contribution in [3.8, 4) is 17.0 Å². The van der Waals surface area contributed by atoms with Crippen molar-refractivity contribution in [1.29, 1.82) is 0 Å². The predicted molar refractivity (Wildman–Crippen MR) is 139 cm³/mol. The quantitative estimate of drug-likeness (QED) is 0.344. The summed E-state index contributed by atoms with van der Waals surface area (Å²) in [5.41, 5.74) is 7.40. The molecule has 6 heteroatoms. The van der Waals surface area contributed by atoms with Crippen LogP contribution in [0.25, 0.3) is 11.3 Å². The maximum atomic E-state index is 5.75. The van der Waals surface area contributed by atoms with Crippen molar-refractivity contribution in [1.82, 2.24) is 10.2 Å². The summed E-state index contributed by atoms with van der Waals surface area (Å²) in [6.07, 6.45) is 7.97. The Morgan fingerprint density at radius 1 is 1.00 bits per heavy atom. The molecule has 2 aliphatic heterocycles. The van der Waals surface area contributed by atoms with E-state index in [0.29, 0.717) is 6.54 Å². The molecule has 3 aromatic rings. The number of benzene rings is 2. The Morgan fingerprint density at radius 3 is 2.63 bits per heavy atom. The van der Waals surface area contributed by atoms with Crippen LogP contribution in [0, 0.1) is 0 Å². The minimum Gasteiger partial charge on any atom is -0.494 e. The first-order chi connectivity index (χ1) is 17.2. The van der Waals surface area contributed by atoms with Gasteiger partial charge in [0.05, 0.1) is 24.7 Å². The van der Waals surface area contributed by atoms with Gasteiger partial charge in [-0.2, -0.15) is 5.10 Å². The van der Waals surface area contributed by atoms with E-state index in [4.69, 9.17) is 14.3 Å². The van der Waals surface area contributed by atoms with E-state index in [2.05, 4.69) is 48.4 Å². The minimum atomic E-state index is 0.480. The van der Waals surface area contributed by atoms with Crippen LogP contribution in [0.2, 0.25) is 0 Å². The molecule has 0 radical (unpaired) electrons. The van der Waals surface area contributed by atoms with Gasteiger partial charge in [0.2, 0.25) is 0 Å². The molecule has 2 aliphatic rings. The molecule has 0 saturated carbocycles. The van der Waals surface area contributed by atoms with Gasteiger partial charge < -0.3 is 9.26 Å². The fourth-order valence-electron chi connectivity index (χ4n) is 4.17. The van der Waals surface area contributed by atoms with Crippen LogP contribution in [0.1, 0.15) is 50.9 Å². The van der Waals surface area contributed by atoms with Gasteiger partial charge >= 0.3 is 0 Å². The number of rotatable bonds is 8. The SMILES string of the molecule is CCCCOc1ccc(-c2cc(CN3C=C4N=C(c5ccccc5)CCC(C)=C4C=N3)on2)cc1. The Morgan fingerprint density at radius 2 is 1.83 bits per heavy atom. The van der Waals surface area contributed by atoms with Crippen molar-refractivity contribution in [2.45, 2.75) is 46.1 Å². The zero-order valence-electron chi connectivity index (χ0n) is 20.3. The number of hydrazone groups is 1. The second-order valence-corrected chi connectivity index (χ2v) is 8.88. The molecule has 5 rings (SSSR count). The van der Waals surface area contributed by atoms with Crippen molar-refractivity contribution in [3.05, 3.63) is 95.0 Å². The lowest BCUT2D eigenvalue weighted by Crippen LogP contribution is -2.15. The summed E-state index contributed by atoms with van der Waals surface area (Å²) in [5, 5.41) is 10.8. The number of hydrogen-bond acceptors (Lipinski definition) is 6. The van der Waals surface area contributed by atoms with Crippen LogP contribution in [-0.4, -0.2) is 28.7 Å². The molecule has 0 aliphatic carbocycles. The average molecular weight is 467 g/mol. The fraction of sp³-hybridized carbons (Fsp3) is 0.276. The standard InChI is InChI=1S/C29H30N4O2/c1-3-4-16-34-24-13-11-23(12-14-24)28-17-25(35-32-28)19-33-20-29-26(18-30-33)21(2)10-15-27(31-29)22-8-6-5-7-9-22/h5-9,11-14,17-18,20H,3-4,10,15-16,19H2,1-2H3. The molecule has 0 amide bonds. The van der Waals surface area contributed by atoms with Crippen LogP contribution in [0.5, 0.6) is 5.75 Å². The van der Waals surface area contributed by atoms with Crippen LogP contribution in [0.4, 0.5) is 0 Å². The van der Waals surface area contributed by atoms with E-state index in [1.54, 1.807) is 0 Å². The maximum Gasteiger partial charge on any atom is 0.158 e. The van der Waals surface area contributed by atoms with Crippen LogP contribution in [-0.2, 0) is 6.54 Å². The van der Waals surface area contributed by atoms with Crippen molar-refractivity contribution in [2.24, 2.45) is 10.1 Å². The third kappa shape index (κ3) is 5.43. The van der Waals surface area contributed by atoms with E-state index in [-0.39, 0.29) is 0 Å². The van der Waals surface area contributed by atoms with Crippen LogP contribution >= 0.6 is 0 Å². The Balaban J connectivity index is 1.31. The predicted octanol–water partition coefficient (Wildman–Crippen LogP) is 6.76. The summed E-state index contributed by atoms with van der Waals surface area (Å²) in [7, 11) is 0. The first-order valence-electron chi connectivity index (χ1n) is 12.2. The molecular weight excluding hydrogens is 436 g/mol. The number of fused-ring (bicyclic) bond motifs is 1. The lowest BCUT2D eigenvalue weighted by atomic mass is 10.0. The topological polar surface area (TPSA) is 63.2 Å². The van der Waals surface area contributed by atoms with Crippen LogP contribution < -0.4 is 4.74 Å². The van der Waals surface area contributed by atoms with Crippen molar-refractivity contribution < 1.29 is 9.26 Å². The number of ether oxygens (including phenoxy) is 1. The summed E-state index contributed by atoms with van der Waals surface area (Å²) in [4.78, 5) is 5.03. The number of nitrogens with zero attached hydrogens (tertiary/aromatic N) is 4. The van der Waals surface area contributed by atoms with Gasteiger partial charge in [-0.3, -0.25) is 10.0 Å². The van der Waals surface area contributed by atoms with Gasteiger partial charge in [0, 0.05) is 22.9 Å². The van der Waals surface area contributed by atoms with Gasteiger partial charge in [0.25, 0.3) is 0 Å². The second kappa shape index (κ2) is 10.6. The van der Waals surface area contributed by atoms with Gasteiger partial charge in [-0.05, 0) is 56.0 Å². The van der Waals surface area contributed by atoms with E-state index < -0.39 is 0 Å². The summed E-state index contributed by atoms with van der Waals surface area (Å²) in [5.74, 6) is 1.61. The minimum absolute atomic E-state index is 0.480. The molecule has 2 aromatic carbocycles. The highest BCUT2D eigenvalue weighted by atomic mass is 16.5. The first-order valence-corrected chi connectivity index (χ1v) is 12.2. The fourth-order valence-corrected chi connectivity index (χ4v) is 4.17. The maximum absolute atomic E-state index is 5.75. The molecule has 0 saturated heterocycles. The largest absolute Gasteiger partial charge is 0.494 e. The molecule has 0 unspecified atom stereocenters. The van der Waals surface area contributed by atoms with Gasteiger partial charge in [0.15, 0.2) is 5.76 Å². The highest BCUT2D eigenvalue weighted by molar-refractivity contribution is 6.03. The van der Waals surface area contributed by atoms with Crippen LogP contribution in [0.15, 0.2) is 98.3 Å². The Kier molecular flexibility index (Phi) is 6.89. The van der Waals surface area contributed by atoms with Gasteiger partial charge in [0.1, 0.15) is 18.0 Å². The first kappa shape index (κ1) is 22.8. The smallest absolute Gasteiger partial charge is 0.158 e. The number of aromatic nitrogens is 1. The summed E-state index contributed by atoms with van der Waals surface area (Å²) in [6.45, 7) is 5.54. The Bertz CT molecular complexity index is 1280. The molecule has 0 N–H and O–H groups in total. The number of hydrogen-bond donors (Lipinski definition) is 0. The van der Waals surface area contributed by atoms with E-state index in [0.717, 1.165) is 77.6 Å². The van der Waals surface area contributed by atoms with E-state index in [1.807, 2.05) is 53.8 Å². The molecule has 178 valence electrons. The van der Waals surface area contributed by atoms with Crippen molar-refractivity contribution in [3.63, 3.8) is 0 Å². The van der Waals surface area contributed by atoms with E-state index in [1.165, 1.54) is 5.57 Å². The molecule has 35 heavy (non-hydrogen) atoms. The third-order valence-electron chi connectivity index (χ3n) is 6.23. The molecule has 0 fully saturated rings. The van der Waals surface area contributed by atoms with Crippen molar-refractivity contribution >= 4 is 11.9 Å². The van der Waals surface area contributed by atoms with E-state index in [9.17, 15) is 0 Å². The highest BCUT2D eigenvalue weighted by Crippen LogP contribution is 2.29. The zero-order chi connectivity index (χ0) is 24.0. The highest BCUT2D eigenvalue weighted by Gasteiger charge is 2.20. The monoisotopic (exact) mass is 466 g/mol. The van der Waals surface area contributed by atoms with E-state index >= 15 is 0 Å². The van der Waals surface area contributed by atoms with Gasteiger partial charge in [-0.25, -0.2) is 0 Å². The summed E-state index contributed by atoms with van der Waals surface area (Å²) >= 11 is 0. The lowest BCUT2D eigenvalue weighted by Gasteiger charge is -2.19. The zero-order valence-corrected chi connectivity index (χ0v) is 20.3. The normalized spacial score (nSPS) is 15.4. The molecular formula is C29H30N4O2. The second-order valence-electron chi connectivity index (χ2n) is 8.88. The van der Waals surface area contributed by atoms with Gasteiger partial charge in [-0.1, -0.05) is 54.4 Å². The van der Waals surface area contributed by atoms with Crippen LogP contribution in [0.3, 0.4) is 0 Å². The molecule has 0 spiro atoms.